The van der Waals surface area contributed by atoms with Crippen molar-refractivity contribution in [2.45, 2.75) is 13.3 Å². The summed E-state index contributed by atoms with van der Waals surface area (Å²) in [6.07, 6.45) is 0.340. The zero-order valence-corrected chi connectivity index (χ0v) is 15.4. The number of nitrogens with zero attached hydrogens (tertiary/aromatic N) is 1. The molecule has 5 heteroatoms. The molecule has 1 N–H and O–H groups in total. The highest BCUT2D eigenvalue weighted by Crippen LogP contribution is 2.16. The van der Waals surface area contributed by atoms with Crippen LogP contribution in [0.15, 0.2) is 60.7 Å². The summed E-state index contributed by atoms with van der Waals surface area (Å²) in [5.41, 5.74) is 3.06. The Labute approximate surface area is 154 Å². The largest absolute Gasteiger partial charge is 0.489 e. The molecule has 0 spiro atoms. The Morgan fingerprint density at radius 1 is 1.04 bits per heavy atom. The van der Waals surface area contributed by atoms with Crippen molar-refractivity contribution in [2.75, 3.05) is 26.0 Å². The number of hydrogen-bond acceptors (Lipinski definition) is 3. The summed E-state index contributed by atoms with van der Waals surface area (Å²) in [5, 5.41) is 2.84. The van der Waals surface area contributed by atoms with Gasteiger partial charge in [0.2, 0.25) is 5.91 Å². The monoisotopic (exact) mass is 352 g/mol. The van der Waals surface area contributed by atoms with E-state index in [0.29, 0.717) is 30.0 Å². The van der Waals surface area contributed by atoms with Gasteiger partial charge in [-0.15, -0.1) is 0 Å². The summed E-state index contributed by atoms with van der Waals surface area (Å²) in [6.45, 7) is 6.13. The number of ether oxygens (including phenoxy) is 1. The van der Waals surface area contributed by atoms with Crippen molar-refractivity contribution >= 4 is 17.5 Å². The van der Waals surface area contributed by atoms with Crippen molar-refractivity contribution in [3.63, 3.8) is 0 Å². The minimum Gasteiger partial charge on any atom is -0.489 e. The number of carbonyl (C=O) groups excluding carboxylic acids is 2. The fraction of sp³-hybridized carbons (Fsp3) is 0.238. The van der Waals surface area contributed by atoms with E-state index in [1.165, 1.54) is 0 Å². The van der Waals surface area contributed by atoms with Gasteiger partial charge in [-0.3, -0.25) is 9.59 Å². The zero-order chi connectivity index (χ0) is 19.1. The molecule has 0 heterocycles. The zero-order valence-electron chi connectivity index (χ0n) is 15.4. The Balaban J connectivity index is 1.94. The van der Waals surface area contributed by atoms with Crippen LogP contribution in [-0.2, 0) is 11.2 Å². The lowest BCUT2D eigenvalue weighted by molar-refractivity contribution is -0.127. The second-order valence-electron chi connectivity index (χ2n) is 6.39. The third kappa shape index (κ3) is 5.77. The Morgan fingerprint density at radius 2 is 1.65 bits per heavy atom. The van der Waals surface area contributed by atoms with Crippen molar-refractivity contribution in [1.29, 1.82) is 0 Å². The molecular weight excluding hydrogens is 328 g/mol. The Hall–Kier alpha value is -3.08. The molecule has 0 radical (unpaired) electrons. The van der Waals surface area contributed by atoms with Crippen LogP contribution in [0.4, 0.5) is 5.69 Å². The molecule has 2 aromatic carbocycles. The first kappa shape index (κ1) is 19.2. The number of anilines is 1. The van der Waals surface area contributed by atoms with Crippen molar-refractivity contribution in [2.24, 2.45) is 0 Å². The van der Waals surface area contributed by atoms with Gasteiger partial charge in [0.1, 0.15) is 12.4 Å². The first-order chi connectivity index (χ1) is 12.3. The fourth-order valence-corrected chi connectivity index (χ4v) is 2.15. The van der Waals surface area contributed by atoms with Gasteiger partial charge in [-0.25, -0.2) is 0 Å². The summed E-state index contributed by atoms with van der Waals surface area (Å²) in [7, 11) is 3.46. The molecule has 136 valence electrons. The van der Waals surface area contributed by atoms with Crippen LogP contribution >= 0.6 is 0 Å². The van der Waals surface area contributed by atoms with Gasteiger partial charge in [-0.1, -0.05) is 18.7 Å². The van der Waals surface area contributed by atoms with Crippen molar-refractivity contribution in [3.05, 3.63) is 71.8 Å². The third-order valence-corrected chi connectivity index (χ3v) is 3.67. The van der Waals surface area contributed by atoms with Gasteiger partial charge >= 0.3 is 0 Å². The average Bonchev–Trinajstić information content (AvgIpc) is 2.61. The van der Waals surface area contributed by atoms with Gasteiger partial charge in [-0.2, -0.15) is 0 Å². The van der Waals surface area contributed by atoms with E-state index >= 15 is 0 Å². The molecular formula is C21H24N2O3. The number of carbonyl (C=O) groups is 2. The molecule has 0 aliphatic rings. The topological polar surface area (TPSA) is 58.6 Å². The lowest BCUT2D eigenvalue weighted by atomic mass is 10.1. The maximum Gasteiger partial charge on any atom is 0.255 e. The minimum atomic E-state index is -0.200. The van der Waals surface area contributed by atoms with Crippen LogP contribution in [0.1, 0.15) is 22.8 Å². The maximum atomic E-state index is 12.3. The summed E-state index contributed by atoms with van der Waals surface area (Å²) >= 11 is 0. The van der Waals surface area contributed by atoms with E-state index in [4.69, 9.17) is 4.74 Å². The predicted molar refractivity (Wildman–Crippen MR) is 104 cm³/mol. The normalized spacial score (nSPS) is 10.1. The van der Waals surface area contributed by atoms with Gasteiger partial charge < -0.3 is 15.0 Å². The van der Waals surface area contributed by atoms with Gasteiger partial charge in [0.15, 0.2) is 0 Å². The molecule has 2 rings (SSSR count). The third-order valence-electron chi connectivity index (χ3n) is 3.67. The van der Waals surface area contributed by atoms with E-state index in [-0.39, 0.29) is 11.8 Å². The SMILES string of the molecule is C=C(C)COc1ccc(C(=O)Nc2ccc(CC(=O)N(C)C)cc2)cc1. The Bertz CT molecular complexity index is 778. The van der Waals surface area contributed by atoms with Crippen LogP contribution in [0.2, 0.25) is 0 Å². The number of rotatable bonds is 7. The van der Waals surface area contributed by atoms with Crippen LogP contribution < -0.4 is 10.1 Å². The fourth-order valence-electron chi connectivity index (χ4n) is 2.15. The van der Waals surface area contributed by atoms with Crippen LogP contribution in [-0.4, -0.2) is 37.4 Å². The molecule has 0 saturated carbocycles. The summed E-state index contributed by atoms with van der Waals surface area (Å²) in [6, 6.07) is 14.2. The van der Waals surface area contributed by atoms with Crippen molar-refractivity contribution < 1.29 is 14.3 Å². The number of amides is 2. The Kier molecular flexibility index (Phi) is 6.55. The maximum absolute atomic E-state index is 12.3. The molecule has 2 amide bonds. The first-order valence-electron chi connectivity index (χ1n) is 8.33. The first-order valence-corrected chi connectivity index (χ1v) is 8.33. The lowest BCUT2D eigenvalue weighted by Crippen LogP contribution is -2.23. The molecule has 0 atom stereocenters. The van der Waals surface area contributed by atoms with E-state index in [0.717, 1.165) is 11.1 Å². The summed E-state index contributed by atoms with van der Waals surface area (Å²) < 4.78 is 5.52. The second-order valence-corrected chi connectivity index (χ2v) is 6.39. The molecule has 2 aromatic rings. The molecule has 5 nitrogen and oxygen atoms in total. The highest BCUT2D eigenvalue weighted by molar-refractivity contribution is 6.04. The highest BCUT2D eigenvalue weighted by atomic mass is 16.5. The summed E-state index contributed by atoms with van der Waals surface area (Å²) in [5.74, 6) is 0.531. The molecule has 0 unspecified atom stereocenters. The molecule has 0 saturated heterocycles. The number of nitrogens with one attached hydrogen (secondary N) is 1. The molecule has 0 fully saturated rings. The van der Waals surface area contributed by atoms with Crippen LogP contribution in [0.25, 0.3) is 0 Å². The van der Waals surface area contributed by atoms with E-state index in [1.807, 2.05) is 19.1 Å². The van der Waals surface area contributed by atoms with E-state index < -0.39 is 0 Å². The van der Waals surface area contributed by atoms with Gasteiger partial charge in [0, 0.05) is 25.3 Å². The van der Waals surface area contributed by atoms with E-state index in [1.54, 1.807) is 55.4 Å². The van der Waals surface area contributed by atoms with Crippen molar-refractivity contribution in [1.82, 2.24) is 4.90 Å². The molecule has 26 heavy (non-hydrogen) atoms. The van der Waals surface area contributed by atoms with Crippen molar-refractivity contribution in [3.8, 4) is 5.75 Å². The van der Waals surface area contributed by atoms with Gasteiger partial charge in [0.25, 0.3) is 5.91 Å². The van der Waals surface area contributed by atoms with Crippen LogP contribution in [0, 0.1) is 0 Å². The lowest BCUT2D eigenvalue weighted by Gasteiger charge is -2.11. The average molecular weight is 352 g/mol. The van der Waals surface area contributed by atoms with Crippen LogP contribution in [0.5, 0.6) is 5.75 Å². The number of likely N-dealkylation sites (N-methyl/N-ethyl adjacent to an activating group) is 1. The smallest absolute Gasteiger partial charge is 0.255 e. The second kappa shape index (κ2) is 8.85. The molecule has 0 aliphatic heterocycles. The molecule has 0 aliphatic carbocycles. The van der Waals surface area contributed by atoms with E-state index in [9.17, 15) is 9.59 Å². The Morgan fingerprint density at radius 3 is 2.19 bits per heavy atom. The van der Waals surface area contributed by atoms with Crippen LogP contribution in [0.3, 0.4) is 0 Å². The minimum absolute atomic E-state index is 0.0377. The quantitative estimate of drug-likeness (QED) is 0.776. The van der Waals surface area contributed by atoms with E-state index in [2.05, 4.69) is 11.9 Å². The predicted octanol–water partition coefficient (Wildman–Crippen LogP) is 3.52. The number of hydrogen-bond donors (Lipinski definition) is 1. The van der Waals surface area contributed by atoms with Gasteiger partial charge in [-0.05, 0) is 54.5 Å². The standard InChI is InChI=1S/C21H24N2O3/c1-15(2)14-26-19-11-7-17(8-12-19)21(25)22-18-9-5-16(6-10-18)13-20(24)23(3)4/h5-12H,1,13-14H2,2-4H3,(H,22,25). The molecule has 0 bridgehead atoms. The highest BCUT2D eigenvalue weighted by Gasteiger charge is 2.08. The number of benzene rings is 2. The van der Waals surface area contributed by atoms with Gasteiger partial charge in [0.05, 0.1) is 6.42 Å². The molecule has 0 aromatic heterocycles. The summed E-state index contributed by atoms with van der Waals surface area (Å²) in [4.78, 5) is 25.6.